The summed E-state index contributed by atoms with van der Waals surface area (Å²) in [4.78, 5) is 0. The molecule has 0 aliphatic rings. The van der Waals surface area contributed by atoms with Crippen LogP contribution in [0.5, 0.6) is 0 Å². The summed E-state index contributed by atoms with van der Waals surface area (Å²) in [5.74, 6) is 0. The molecule has 1 radical (unpaired) electrons. The highest BCUT2D eigenvalue weighted by atomic mass is 28.5. The van der Waals surface area contributed by atoms with Gasteiger partial charge in [-0.15, -0.1) is 0 Å². The molecule has 4 nitrogen and oxygen atoms in total. The van der Waals surface area contributed by atoms with Crippen molar-refractivity contribution in [2.45, 2.75) is 71.7 Å². The molecular weight excluding hydrogens is 304 g/mol. The Kier molecular flexibility index (Phi) is 7.85. The Labute approximate surface area is 128 Å². The van der Waals surface area contributed by atoms with Gasteiger partial charge in [0.05, 0.1) is 18.3 Å². The minimum Gasteiger partial charge on any atom is -0.436 e. The van der Waals surface area contributed by atoms with Crippen LogP contribution in [0.2, 0.25) is 45.8 Å². The van der Waals surface area contributed by atoms with Crippen molar-refractivity contribution in [2.24, 2.45) is 0 Å². The normalized spacial score (nSPS) is 15.8. The molecule has 0 rings (SSSR count). The van der Waals surface area contributed by atoms with Gasteiger partial charge >= 0.3 is 8.56 Å². The van der Waals surface area contributed by atoms with E-state index in [9.17, 15) is 10.2 Å². The maximum absolute atomic E-state index is 10.2. The second-order valence-electron chi connectivity index (χ2n) is 7.35. The van der Waals surface area contributed by atoms with E-state index in [1.807, 2.05) is 6.55 Å². The first-order valence-electron chi connectivity index (χ1n) is 7.40. The van der Waals surface area contributed by atoms with Crippen molar-refractivity contribution in [2.75, 3.05) is 6.61 Å². The first-order chi connectivity index (χ1) is 8.84. The van der Waals surface area contributed by atoms with Gasteiger partial charge in [0.15, 0.2) is 16.6 Å². The van der Waals surface area contributed by atoms with Crippen LogP contribution in [0.15, 0.2) is 0 Å². The monoisotopic (exact) mass is 337 g/mol. The molecule has 0 aromatic carbocycles. The van der Waals surface area contributed by atoms with Crippen LogP contribution in [0.1, 0.15) is 19.8 Å². The lowest BCUT2D eigenvalue weighted by Gasteiger charge is -2.44. The lowest BCUT2D eigenvalue weighted by Crippen LogP contribution is -2.59. The van der Waals surface area contributed by atoms with Gasteiger partial charge in [-0.3, -0.25) is 0 Å². The molecule has 2 N–H and O–H groups in total. The number of hydrogen-bond acceptors (Lipinski definition) is 4. The molecule has 0 bridgehead atoms. The van der Waals surface area contributed by atoms with Crippen molar-refractivity contribution >= 4 is 25.2 Å². The molecule has 0 aliphatic carbocycles. The van der Waals surface area contributed by atoms with Crippen molar-refractivity contribution in [3.05, 3.63) is 5.54 Å². The minimum absolute atomic E-state index is 0.262. The predicted molar refractivity (Wildman–Crippen MR) is 91.7 cm³/mol. The SMILES string of the molecule is CCC[C](C(O)CO)[Si](C)(O[Si](C)(C)C)O[Si](C)(C)C. The summed E-state index contributed by atoms with van der Waals surface area (Å²) in [7, 11) is -6.22. The van der Waals surface area contributed by atoms with Gasteiger partial charge in [0, 0.05) is 0 Å². The maximum atomic E-state index is 10.2. The number of aliphatic hydroxyl groups is 2. The van der Waals surface area contributed by atoms with Gasteiger partial charge < -0.3 is 18.4 Å². The summed E-state index contributed by atoms with van der Waals surface area (Å²) in [6.07, 6.45) is 0.831. The third-order valence-corrected chi connectivity index (χ3v) is 12.4. The molecule has 0 aliphatic heterocycles. The van der Waals surface area contributed by atoms with Gasteiger partial charge in [-0.05, 0) is 52.2 Å². The third-order valence-electron chi connectivity index (χ3n) is 2.68. The van der Waals surface area contributed by atoms with Crippen LogP contribution in [0, 0.1) is 5.54 Å². The second-order valence-corrected chi connectivity index (χ2v) is 20.0. The van der Waals surface area contributed by atoms with Crippen molar-refractivity contribution in [1.29, 1.82) is 0 Å². The lowest BCUT2D eigenvalue weighted by atomic mass is 10.1. The fourth-order valence-electron chi connectivity index (χ4n) is 2.40. The van der Waals surface area contributed by atoms with Crippen LogP contribution in [-0.2, 0) is 8.23 Å². The highest BCUT2D eigenvalue weighted by Gasteiger charge is 2.49. The fourth-order valence-corrected chi connectivity index (χ4v) is 14.7. The van der Waals surface area contributed by atoms with E-state index >= 15 is 0 Å². The molecule has 7 heteroatoms. The van der Waals surface area contributed by atoms with Gasteiger partial charge in [-0.25, -0.2) is 0 Å². The second kappa shape index (κ2) is 7.66. The van der Waals surface area contributed by atoms with Crippen molar-refractivity contribution < 1.29 is 18.4 Å². The Morgan fingerprint density at radius 3 is 1.60 bits per heavy atom. The summed E-state index contributed by atoms with van der Waals surface area (Å²) < 4.78 is 12.8. The zero-order valence-corrected chi connectivity index (χ0v) is 17.4. The molecule has 0 saturated heterocycles. The van der Waals surface area contributed by atoms with Gasteiger partial charge in [0.1, 0.15) is 0 Å². The molecule has 1 unspecified atom stereocenters. The van der Waals surface area contributed by atoms with E-state index in [4.69, 9.17) is 8.23 Å². The molecule has 0 fully saturated rings. The quantitative estimate of drug-likeness (QED) is 0.635. The highest BCUT2D eigenvalue weighted by Crippen LogP contribution is 2.33. The molecule has 0 aromatic heterocycles. The Balaban J connectivity index is 5.43. The topological polar surface area (TPSA) is 58.9 Å². The van der Waals surface area contributed by atoms with E-state index < -0.39 is 31.3 Å². The summed E-state index contributed by atoms with van der Waals surface area (Å²) in [6.45, 7) is 16.7. The zero-order valence-electron chi connectivity index (χ0n) is 14.4. The standard InChI is InChI=1S/C13H33O4Si3/c1-9-10-13(12(15)11-14)20(8,16-18(2,3)4)17-19(5,6)7/h12,14-15H,9-11H2,1-8H3. The third kappa shape index (κ3) is 7.49. The van der Waals surface area contributed by atoms with Gasteiger partial charge in [-0.2, -0.15) is 0 Å². The molecule has 1 atom stereocenters. The van der Waals surface area contributed by atoms with Crippen molar-refractivity contribution in [3.63, 3.8) is 0 Å². The number of aliphatic hydroxyl groups excluding tert-OH is 2. The molecule has 0 saturated carbocycles. The fraction of sp³-hybridized carbons (Fsp3) is 0.923. The van der Waals surface area contributed by atoms with Crippen LogP contribution < -0.4 is 0 Å². The van der Waals surface area contributed by atoms with Crippen molar-refractivity contribution in [1.82, 2.24) is 0 Å². The summed E-state index contributed by atoms with van der Waals surface area (Å²) in [6, 6.07) is 0. The largest absolute Gasteiger partial charge is 0.436 e. The first kappa shape index (κ1) is 20.5. The number of hydrogen-bond donors (Lipinski definition) is 2. The average molecular weight is 338 g/mol. The minimum atomic E-state index is -2.62. The van der Waals surface area contributed by atoms with E-state index in [1.54, 1.807) is 0 Å². The molecule has 0 heterocycles. The average Bonchev–Trinajstić information content (AvgIpc) is 2.19. The Morgan fingerprint density at radius 2 is 1.35 bits per heavy atom. The van der Waals surface area contributed by atoms with E-state index in [2.05, 4.69) is 46.2 Å². The summed E-state index contributed by atoms with van der Waals surface area (Å²) in [5.41, 5.74) is 0.896. The van der Waals surface area contributed by atoms with Gasteiger partial charge in [-0.1, -0.05) is 13.3 Å². The molecule has 0 spiro atoms. The predicted octanol–water partition coefficient (Wildman–Crippen LogP) is 3.03. The molecule has 20 heavy (non-hydrogen) atoms. The van der Waals surface area contributed by atoms with Gasteiger partial charge in [0.2, 0.25) is 0 Å². The van der Waals surface area contributed by atoms with Crippen molar-refractivity contribution in [3.8, 4) is 0 Å². The molecule has 0 amide bonds. The molecule has 121 valence electrons. The Morgan fingerprint density at radius 1 is 0.950 bits per heavy atom. The van der Waals surface area contributed by atoms with Crippen LogP contribution >= 0.6 is 0 Å². The first-order valence-corrected chi connectivity index (χ1v) is 16.5. The van der Waals surface area contributed by atoms with Crippen LogP contribution in [0.3, 0.4) is 0 Å². The molecular formula is C13H33O4Si3. The van der Waals surface area contributed by atoms with Crippen LogP contribution in [0.4, 0.5) is 0 Å². The van der Waals surface area contributed by atoms with Crippen LogP contribution in [-0.4, -0.2) is 48.1 Å². The van der Waals surface area contributed by atoms with E-state index in [0.717, 1.165) is 18.4 Å². The zero-order chi connectivity index (χ0) is 16.2. The molecule has 0 aromatic rings. The lowest BCUT2D eigenvalue weighted by molar-refractivity contribution is 0.104. The Bertz CT molecular complexity index is 270. The van der Waals surface area contributed by atoms with E-state index in [-0.39, 0.29) is 6.61 Å². The van der Waals surface area contributed by atoms with Crippen LogP contribution in [0.25, 0.3) is 0 Å². The van der Waals surface area contributed by atoms with E-state index in [1.165, 1.54) is 0 Å². The van der Waals surface area contributed by atoms with Gasteiger partial charge in [0.25, 0.3) is 0 Å². The summed E-state index contributed by atoms with van der Waals surface area (Å²) in [5, 5.41) is 19.6. The highest BCUT2D eigenvalue weighted by molar-refractivity contribution is 6.90. The maximum Gasteiger partial charge on any atom is 0.324 e. The smallest absolute Gasteiger partial charge is 0.324 e. The number of rotatable bonds is 9. The Hall–Kier alpha value is 0.491. The van der Waals surface area contributed by atoms with E-state index in [0.29, 0.717) is 0 Å². The summed E-state index contributed by atoms with van der Waals surface area (Å²) >= 11 is 0.